The number of anilines is 2. The fourth-order valence-corrected chi connectivity index (χ4v) is 2.94. The number of halogens is 1. The average Bonchev–Trinajstić information content (AvgIpc) is 3.14. The van der Waals surface area contributed by atoms with Gasteiger partial charge in [0.2, 0.25) is 0 Å². The molecule has 3 rings (SSSR count). The number of nitrogens with two attached hydrogens (primary N) is 1. The van der Waals surface area contributed by atoms with Crippen LogP contribution in [-0.4, -0.2) is 28.8 Å². The number of hydrogen-bond donors (Lipinski definition) is 1. The lowest BCUT2D eigenvalue weighted by atomic mass is 10.1. The maximum absolute atomic E-state index is 12.5. The minimum atomic E-state index is -0.218. The normalized spacial score (nSPS) is 17.5. The molecule has 1 aliphatic rings. The van der Waals surface area contributed by atoms with Gasteiger partial charge < -0.3 is 10.6 Å². The summed E-state index contributed by atoms with van der Waals surface area (Å²) in [6.45, 7) is 1.30. The van der Waals surface area contributed by atoms with Gasteiger partial charge in [-0.05, 0) is 18.6 Å². The van der Waals surface area contributed by atoms with Crippen LogP contribution >= 0.6 is 11.6 Å². The minimum absolute atomic E-state index is 0.101. The third-order valence-corrected chi connectivity index (χ3v) is 4.19. The molecule has 0 bridgehead atoms. The van der Waals surface area contributed by atoms with Gasteiger partial charge >= 0.3 is 0 Å². The molecule has 1 aromatic heterocycles. The number of nitrogens with zero attached hydrogens (tertiary/aromatic N) is 4. The van der Waals surface area contributed by atoms with Crippen LogP contribution in [0.3, 0.4) is 0 Å². The van der Waals surface area contributed by atoms with E-state index in [1.165, 1.54) is 6.20 Å². The van der Waals surface area contributed by atoms with Crippen molar-refractivity contribution in [3.63, 3.8) is 0 Å². The highest BCUT2D eigenvalue weighted by atomic mass is 35.5. The molecule has 6 nitrogen and oxygen atoms in total. The summed E-state index contributed by atoms with van der Waals surface area (Å²) in [5.41, 5.74) is 6.91. The number of hydrogen-bond acceptors (Lipinski definition) is 5. The Morgan fingerprint density at radius 3 is 2.91 bits per heavy atom. The van der Waals surface area contributed by atoms with Crippen LogP contribution in [0.1, 0.15) is 16.8 Å². The predicted molar refractivity (Wildman–Crippen MR) is 83.8 cm³/mol. The number of para-hydroxylation sites is 1. The lowest BCUT2D eigenvalue weighted by molar-refractivity contribution is 0.0833. The average molecular weight is 316 g/mol. The summed E-state index contributed by atoms with van der Waals surface area (Å²) in [7, 11) is 0. The summed E-state index contributed by atoms with van der Waals surface area (Å²) in [6.07, 6.45) is 2.01. The zero-order valence-electron chi connectivity index (χ0n) is 11.7. The van der Waals surface area contributed by atoms with Gasteiger partial charge in [-0.2, -0.15) is 15.0 Å². The lowest BCUT2D eigenvalue weighted by Crippen LogP contribution is -2.27. The van der Waals surface area contributed by atoms with Gasteiger partial charge in [0.25, 0.3) is 5.91 Å². The number of nitrogen functional groups attached to an aromatic ring is 1. The molecule has 2 heterocycles. The summed E-state index contributed by atoms with van der Waals surface area (Å²) >= 11 is 6.20. The van der Waals surface area contributed by atoms with Crippen molar-refractivity contribution >= 4 is 29.0 Å². The molecule has 0 aliphatic carbocycles. The number of aromatic nitrogens is 2. The maximum atomic E-state index is 12.5. The standard InChI is InChI=1S/C15H14ClN5O/c16-12-3-1-2-4-13(12)20-6-5-10(9-20)15(22)21-14(18)11(7-17)8-19-21/h1-4,8,10H,5-6,9,18H2. The molecule has 1 saturated heterocycles. The molecule has 1 atom stereocenters. The van der Waals surface area contributed by atoms with Gasteiger partial charge in [0.1, 0.15) is 17.5 Å². The first-order valence-corrected chi connectivity index (χ1v) is 7.27. The summed E-state index contributed by atoms with van der Waals surface area (Å²) < 4.78 is 1.12. The third-order valence-electron chi connectivity index (χ3n) is 3.87. The van der Waals surface area contributed by atoms with Crippen molar-refractivity contribution in [3.05, 3.63) is 41.0 Å². The van der Waals surface area contributed by atoms with E-state index < -0.39 is 0 Å². The van der Waals surface area contributed by atoms with Crippen molar-refractivity contribution in [2.75, 3.05) is 23.7 Å². The van der Waals surface area contributed by atoms with Crippen LogP contribution in [0, 0.1) is 17.2 Å². The zero-order valence-corrected chi connectivity index (χ0v) is 12.5. The van der Waals surface area contributed by atoms with E-state index in [0.29, 0.717) is 18.0 Å². The van der Waals surface area contributed by atoms with E-state index in [4.69, 9.17) is 22.6 Å². The molecule has 1 unspecified atom stereocenters. The molecule has 0 amide bonds. The fraction of sp³-hybridized carbons (Fsp3) is 0.267. The highest BCUT2D eigenvalue weighted by Gasteiger charge is 2.31. The van der Waals surface area contributed by atoms with Crippen LogP contribution < -0.4 is 10.6 Å². The highest BCUT2D eigenvalue weighted by molar-refractivity contribution is 6.33. The number of benzene rings is 1. The molecule has 112 valence electrons. The Labute approximate surface area is 132 Å². The Hall–Kier alpha value is -2.52. The molecule has 7 heteroatoms. The van der Waals surface area contributed by atoms with E-state index in [1.807, 2.05) is 30.3 Å². The van der Waals surface area contributed by atoms with E-state index >= 15 is 0 Å². The first-order valence-electron chi connectivity index (χ1n) is 6.89. The van der Waals surface area contributed by atoms with E-state index in [0.717, 1.165) is 16.9 Å². The minimum Gasteiger partial charge on any atom is -0.382 e. The molecule has 1 aliphatic heterocycles. The fourth-order valence-electron chi connectivity index (χ4n) is 2.68. The molecule has 1 fully saturated rings. The smallest absolute Gasteiger partial charge is 0.253 e. The topological polar surface area (TPSA) is 87.9 Å². The third kappa shape index (κ3) is 2.40. The molecule has 2 aromatic rings. The Bertz CT molecular complexity index is 764. The zero-order chi connectivity index (χ0) is 15.7. The SMILES string of the molecule is N#Cc1cnn(C(=O)C2CCN(c3ccccc3Cl)C2)c1N. The van der Waals surface area contributed by atoms with E-state index in [1.54, 1.807) is 0 Å². The summed E-state index contributed by atoms with van der Waals surface area (Å²) in [6, 6.07) is 9.47. The van der Waals surface area contributed by atoms with Gasteiger partial charge in [0, 0.05) is 13.1 Å². The summed E-state index contributed by atoms with van der Waals surface area (Å²) in [5, 5.41) is 13.5. The molecule has 0 saturated carbocycles. The van der Waals surface area contributed by atoms with E-state index in [9.17, 15) is 4.79 Å². The first kappa shape index (κ1) is 14.4. The van der Waals surface area contributed by atoms with Gasteiger partial charge in [-0.1, -0.05) is 23.7 Å². The predicted octanol–water partition coefficient (Wildman–Crippen LogP) is 2.16. The van der Waals surface area contributed by atoms with Gasteiger partial charge in [0.05, 0.1) is 22.8 Å². The molecule has 0 radical (unpaired) electrons. The van der Waals surface area contributed by atoms with Crippen LogP contribution in [-0.2, 0) is 0 Å². The Morgan fingerprint density at radius 2 is 2.23 bits per heavy atom. The van der Waals surface area contributed by atoms with Crippen molar-refractivity contribution in [1.29, 1.82) is 5.26 Å². The lowest BCUT2D eigenvalue weighted by Gasteiger charge is -2.19. The number of carbonyl (C=O) groups is 1. The molecule has 1 aromatic carbocycles. The summed E-state index contributed by atoms with van der Waals surface area (Å²) in [4.78, 5) is 14.6. The van der Waals surface area contributed by atoms with Crippen molar-refractivity contribution in [2.24, 2.45) is 5.92 Å². The number of nitriles is 1. The monoisotopic (exact) mass is 315 g/mol. The Balaban J connectivity index is 1.78. The van der Waals surface area contributed by atoms with Crippen molar-refractivity contribution in [3.8, 4) is 6.07 Å². The second-order valence-electron chi connectivity index (χ2n) is 5.19. The van der Waals surface area contributed by atoms with Crippen LogP contribution in [0.5, 0.6) is 0 Å². The molecular weight excluding hydrogens is 302 g/mol. The van der Waals surface area contributed by atoms with Crippen LogP contribution in [0.4, 0.5) is 11.5 Å². The van der Waals surface area contributed by atoms with Crippen molar-refractivity contribution < 1.29 is 4.79 Å². The van der Waals surface area contributed by atoms with Crippen LogP contribution in [0.25, 0.3) is 0 Å². The second kappa shape index (κ2) is 5.70. The van der Waals surface area contributed by atoms with E-state index in [2.05, 4.69) is 10.00 Å². The van der Waals surface area contributed by atoms with E-state index in [-0.39, 0.29) is 23.2 Å². The van der Waals surface area contributed by atoms with Gasteiger partial charge in [-0.15, -0.1) is 0 Å². The number of carbonyl (C=O) groups excluding carboxylic acids is 1. The summed E-state index contributed by atoms with van der Waals surface area (Å²) in [5.74, 6) is -0.303. The number of rotatable bonds is 2. The van der Waals surface area contributed by atoms with Crippen molar-refractivity contribution in [1.82, 2.24) is 9.78 Å². The molecule has 22 heavy (non-hydrogen) atoms. The maximum Gasteiger partial charge on any atom is 0.253 e. The van der Waals surface area contributed by atoms with Crippen molar-refractivity contribution in [2.45, 2.75) is 6.42 Å². The quantitative estimate of drug-likeness (QED) is 0.917. The van der Waals surface area contributed by atoms with Gasteiger partial charge in [-0.25, -0.2) is 0 Å². The van der Waals surface area contributed by atoms with Crippen LogP contribution in [0.15, 0.2) is 30.5 Å². The molecule has 0 spiro atoms. The van der Waals surface area contributed by atoms with Gasteiger partial charge in [0.15, 0.2) is 0 Å². The van der Waals surface area contributed by atoms with Gasteiger partial charge in [-0.3, -0.25) is 4.79 Å². The van der Waals surface area contributed by atoms with Crippen LogP contribution in [0.2, 0.25) is 5.02 Å². The largest absolute Gasteiger partial charge is 0.382 e. The molecule has 2 N–H and O–H groups in total. The first-order chi connectivity index (χ1) is 10.6. The molecular formula is C15H14ClN5O. The Morgan fingerprint density at radius 1 is 1.45 bits per heavy atom. The second-order valence-corrected chi connectivity index (χ2v) is 5.60. The Kier molecular flexibility index (Phi) is 3.73. The highest BCUT2D eigenvalue weighted by Crippen LogP contribution is 2.30.